The van der Waals surface area contributed by atoms with E-state index in [1.54, 1.807) is 30.5 Å². The van der Waals surface area contributed by atoms with Gasteiger partial charge in [-0.15, -0.1) is 0 Å². The molecule has 0 radical (unpaired) electrons. The van der Waals surface area contributed by atoms with Gasteiger partial charge in [-0.1, -0.05) is 12.1 Å². The van der Waals surface area contributed by atoms with E-state index in [2.05, 4.69) is 15.0 Å². The van der Waals surface area contributed by atoms with E-state index in [4.69, 9.17) is 9.84 Å². The normalized spacial score (nSPS) is 20.3. The molecule has 0 bridgehead atoms. The minimum Gasteiger partial charge on any atom is -0.478 e. The number of nitrogens with one attached hydrogen (secondary N) is 1. The highest BCUT2D eigenvalue weighted by Gasteiger charge is 2.33. The molecule has 1 aliphatic rings. The van der Waals surface area contributed by atoms with Crippen molar-refractivity contribution >= 4 is 17.1 Å². The average molecular weight is 370 g/mol. The second-order valence-corrected chi connectivity index (χ2v) is 6.62. The standard InChI is InChI=1S/C19H19FN4O3/c20-14-9-24(8-12-3-5-13(6-4-12)19(25)26)10-16(14)27-11-17-22-15-2-1-7-21-18(15)23-17/h1-7,14,16H,8-11H2,(H,25,26)(H,21,22,23)/t14-,16+/m1/s1. The maximum atomic E-state index is 14.3. The number of carboxylic acids is 1. The Balaban J connectivity index is 1.33. The van der Waals surface area contributed by atoms with Gasteiger partial charge in [-0.3, -0.25) is 4.90 Å². The average Bonchev–Trinajstić information content (AvgIpc) is 3.23. The lowest BCUT2D eigenvalue weighted by Gasteiger charge is -2.15. The number of aromatic nitrogens is 3. The number of ether oxygens (including phenoxy) is 1. The fraction of sp³-hybridized carbons (Fsp3) is 0.316. The summed E-state index contributed by atoms with van der Waals surface area (Å²) in [6.07, 6.45) is 0.0683. The van der Waals surface area contributed by atoms with Gasteiger partial charge in [-0.25, -0.2) is 19.2 Å². The molecule has 4 rings (SSSR count). The summed E-state index contributed by atoms with van der Waals surface area (Å²) in [4.78, 5) is 24.5. The van der Waals surface area contributed by atoms with Crippen LogP contribution in [-0.4, -0.2) is 56.3 Å². The number of pyridine rings is 1. The monoisotopic (exact) mass is 370 g/mol. The predicted molar refractivity (Wildman–Crippen MR) is 96.0 cm³/mol. The van der Waals surface area contributed by atoms with Crippen LogP contribution in [0.5, 0.6) is 0 Å². The van der Waals surface area contributed by atoms with E-state index in [-0.39, 0.29) is 18.7 Å². The first-order valence-electron chi connectivity index (χ1n) is 8.68. The molecule has 2 atom stereocenters. The molecule has 2 aromatic heterocycles. The van der Waals surface area contributed by atoms with E-state index in [0.717, 1.165) is 11.1 Å². The molecule has 1 aliphatic heterocycles. The highest BCUT2D eigenvalue weighted by Crippen LogP contribution is 2.21. The summed E-state index contributed by atoms with van der Waals surface area (Å²) < 4.78 is 20.1. The highest BCUT2D eigenvalue weighted by molar-refractivity contribution is 5.87. The van der Waals surface area contributed by atoms with Gasteiger partial charge >= 0.3 is 5.97 Å². The number of hydrogen-bond donors (Lipinski definition) is 2. The summed E-state index contributed by atoms with van der Waals surface area (Å²) in [6.45, 7) is 1.50. The minimum atomic E-state index is -1.08. The van der Waals surface area contributed by atoms with Crippen molar-refractivity contribution in [2.45, 2.75) is 25.4 Å². The highest BCUT2D eigenvalue weighted by atomic mass is 19.1. The zero-order valence-electron chi connectivity index (χ0n) is 14.5. The van der Waals surface area contributed by atoms with Gasteiger partial charge in [0, 0.05) is 25.8 Å². The summed E-state index contributed by atoms with van der Waals surface area (Å²) in [5.74, 6) is -0.334. The number of aromatic amines is 1. The SMILES string of the molecule is O=C(O)c1ccc(CN2C[C@@H](F)[C@@H](OCc3nc4ncccc4[nH]3)C2)cc1. The van der Waals surface area contributed by atoms with Crippen LogP contribution in [-0.2, 0) is 17.9 Å². The van der Waals surface area contributed by atoms with Gasteiger partial charge in [0.15, 0.2) is 5.65 Å². The number of fused-ring (bicyclic) bond motifs is 1. The van der Waals surface area contributed by atoms with Crippen molar-refractivity contribution in [3.63, 3.8) is 0 Å². The number of H-pyrrole nitrogens is 1. The van der Waals surface area contributed by atoms with Crippen molar-refractivity contribution in [3.05, 3.63) is 59.5 Å². The molecular weight excluding hydrogens is 351 g/mol. The number of imidazole rings is 1. The molecule has 7 nitrogen and oxygen atoms in total. The molecule has 0 saturated carbocycles. The third-order valence-corrected chi connectivity index (χ3v) is 4.62. The molecule has 0 spiro atoms. The molecule has 2 N–H and O–H groups in total. The number of nitrogens with zero attached hydrogens (tertiary/aromatic N) is 3. The third kappa shape index (κ3) is 3.96. The van der Waals surface area contributed by atoms with Gasteiger partial charge in [-0.05, 0) is 29.8 Å². The van der Waals surface area contributed by atoms with Crippen LogP contribution in [0.15, 0.2) is 42.6 Å². The van der Waals surface area contributed by atoms with E-state index in [0.29, 0.717) is 24.6 Å². The Bertz CT molecular complexity index is 911. The second-order valence-electron chi connectivity index (χ2n) is 6.62. The summed E-state index contributed by atoms with van der Waals surface area (Å²) in [5, 5.41) is 8.94. The topological polar surface area (TPSA) is 91.3 Å². The van der Waals surface area contributed by atoms with Crippen LogP contribution in [0.25, 0.3) is 11.2 Å². The summed E-state index contributed by atoms with van der Waals surface area (Å²) in [7, 11) is 0. The van der Waals surface area contributed by atoms with Gasteiger partial charge in [0.2, 0.25) is 0 Å². The Kier molecular flexibility index (Phi) is 4.83. The van der Waals surface area contributed by atoms with Crippen molar-refractivity contribution in [2.24, 2.45) is 0 Å². The lowest BCUT2D eigenvalue weighted by atomic mass is 10.1. The Morgan fingerprint density at radius 2 is 2.11 bits per heavy atom. The smallest absolute Gasteiger partial charge is 0.335 e. The van der Waals surface area contributed by atoms with Crippen molar-refractivity contribution in [1.29, 1.82) is 0 Å². The molecule has 0 amide bonds. The molecule has 8 heteroatoms. The van der Waals surface area contributed by atoms with Crippen molar-refractivity contribution in [1.82, 2.24) is 19.9 Å². The van der Waals surface area contributed by atoms with Crippen LogP contribution in [0, 0.1) is 0 Å². The maximum absolute atomic E-state index is 14.3. The maximum Gasteiger partial charge on any atom is 0.335 e. The van der Waals surface area contributed by atoms with Crippen molar-refractivity contribution < 1.29 is 19.0 Å². The molecule has 1 fully saturated rings. The van der Waals surface area contributed by atoms with Crippen LogP contribution in [0.3, 0.4) is 0 Å². The molecule has 140 valence electrons. The molecule has 27 heavy (non-hydrogen) atoms. The number of carboxylic acid groups (broad SMARTS) is 1. The molecular formula is C19H19FN4O3. The van der Waals surface area contributed by atoms with Gasteiger partial charge in [-0.2, -0.15) is 0 Å². The Hall–Kier alpha value is -2.84. The van der Waals surface area contributed by atoms with Crippen LogP contribution >= 0.6 is 0 Å². The number of alkyl halides is 1. The number of halogens is 1. The summed E-state index contributed by atoms with van der Waals surface area (Å²) >= 11 is 0. The molecule has 0 unspecified atom stereocenters. The lowest BCUT2D eigenvalue weighted by Crippen LogP contribution is -2.24. The van der Waals surface area contributed by atoms with Gasteiger partial charge in [0.05, 0.1) is 11.1 Å². The zero-order chi connectivity index (χ0) is 18.8. The van der Waals surface area contributed by atoms with Crippen LogP contribution in [0.4, 0.5) is 4.39 Å². The van der Waals surface area contributed by atoms with E-state index in [1.165, 1.54) is 0 Å². The summed E-state index contributed by atoms with van der Waals surface area (Å²) in [5.41, 5.74) is 2.62. The number of hydrogen-bond acceptors (Lipinski definition) is 5. The predicted octanol–water partition coefficient (Wildman–Crippen LogP) is 2.40. The number of aromatic carboxylic acids is 1. The number of benzene rings is 1. The van der Waals surface area contributed by atoms with Crippen LogP contribution in [0.2, 0.25) is 0 Å². The van der Waals surface area contributed by atoms with Gasteiger partial charge < -0.3 is 14.8 Å². The number of likely N-dealkylation sites (tertiary alicyclic amines) is 1. The first-order chi connectivity index (χ1) is 13.1. The fourth-order valence-electron chi connectivity index (χ4n) is 3.25. The summed E-state index contributed by atoms with van der Waals surface area (Å²) in [6, 6.07) is 10.3. The quantitative estimate of drug-likeness (QED) is 0.692. The van der Waals surface area contributed by atoms with E-state index < -0.39 is 18.2 Å². The number of carbonyl (C=O) groups is 1. The number of rotatable bonds is 6. The molecule has 3 aromatic rings. The lowest BCUT2D eigenvalue weighted by molar-refractivity contribution is 0.00863. The zero-order valence-corrected chi connectivity index (χ0v) is 14.5. The third-order valence-electron chi connectivity index (χ3n) is 4.62. The Morgan fingerprint density at radius 1 is 1.30 bits per heavy atom. The van der Waals surface area contributed by atoms with Crippen LogP contribution < -0.4 is 0 Å². The molecule has 0 aliphatic carbocycles. The molecule has 3 heterocycles. The van der Waals surface area contributed by atoms with E-state index >= 15 is 0 Å². The molecule has 1 aromatic carbocycles. The fourth-order valence-corrected chi connectivity index (χ4v) is 3.25. The largest absolute Gasteiger partial charge is 0.478 e. The van der Waals surface area contributed by atoms with E-state index in [9.17, 15) is 9.18 Å². The first kappa shape index (κ1) is 17.6. The van der Waals surface area contributed by atoms with Crippen molar-refractivity contribution in [2.75, 3.05) is 13.1 Å². The second kappa shape index (κ2) is 7.42. The van der Waals surface area contributed by atoms with Gasteiger partial charge in [0.25, 0.3) is 0 Å². The Morgan fingerprint density at radius 3 is 2.85 bits per heavy atom. The van der Waals surface area contributed by atoms with Crippen LogP contribution in [0.1, 0.15) is 21.7 Å². The van der Waals surface area contributed by atoms with E-state index in [1.807, 2.05) is 17.0 Å². The van der Waals surface area contributed by atoms with Gasteiger partial charge in [0.1, 0.15) is 24.7 Å². The van der Waals surface area contributed by atoms with Crippen molar-refractivity contribution in [3.8, 4) is 0 Å². The first-order valence-corrected chi connectivity index (χ1v) is 8.68. The molecule has 1 saturated heterocycles. The Labute approximate surface area is 154 Å². The minimum absolute atomic E-state index is 0.197.